The van der Waals surface area contributed by atoms with Gasteiger partial charge in [-0.25, -0.2) is 13.2 Å². The molecule has 0 saturated carbocycles. The van der Waals surface area contributed by atoms with Crippen LogP contribution in [0.5, 0.6) is 0 Å². The molecule has 0 aliphatic heterocycles. The second kappa shape index (κ2) is 4.69. The summed E-state index contributed by atoms with van der Waals surface area (Å²) in [4.78, 5) is 9.71. The van der Waals surface area contributed by atoms with Crippen molar-refractivity contribution in [2.24, 2.45) is 0 Å². The van der Waals surface area contributed by atoms with Crippen molar-refractivity contribution >= 4 is 17.3 Å². The summed E-state index contributed by atoms with van der Waals surface area (Å²) >= 11 is 4.66. The van der Waals surface area contributed by atoms with Crippen LogP contribution in [0.2, 0.25) is 0 Å². The zero-order valence-electron chi connectivity index (χ0n) is 7.87. The number of halogens is 4. The minimum atomic E-state index is -3.83. The highest BCUT2D eigenvalue weighted by molar-refractivity contribution is 6.20. The van der Waals surface area contributed by atoms with Gasteiger partial charge in [0.1, 0.15) is 0 Å². The topological polar surface area (TPSA) is 43.1 Å². The van der Waals surface area contributed by atoms with Gasteiger partial charge in [0, 0.05) is 18.1 Å². The van der Waals surface area contributed by atoms with Gasteiger partial charge in [0.2, 0.25) is 5.63 Å². The first kappa shape index (κ1) is 12.8. The van der Waals surface area contributed by atoms with Crippen molar-refractivity contribution in [3.05, 3.63) is 39.9 Å². The van der Waals surface area contributed by atoms with E-state index in [2.05, 4.69) is 11.6 Å². The van der Waals surface area contributed by atoms with Crippen LogP contribution in [0.15, 0.2) is 24.3 Å². The Morgan fingerprint density at radius 1 is 1.44 bits per heavy atom. The van der Waals surface area contributed by atoms with Crippen molar-refractivity contribution in [1.29, 1.82) is 0 Å². The molecule has 0 fully saturated rings. The van der Waals surface area contributed by atoms with E-state index < -0.39 is 28.6 Å². The Bertz CT molecular complexity index is 398. The maximum absolute atomic E-state index is 12.9. The molecule has 1 atom stereocenters. The zero-order chi connectivity index (χ0) is 12.3. The molecule has 0 aliphatic carbocycles. The number of rotatable bonds is 4. The summed E-state index contributed by atoms with van der Waals surface area (Å²) in [5, 5.41) is 10.5. The number of nitro benzene ring substituents is 1. The Morgan fingerprint density at radius 3 is 2.50 bits per heavy atom. The molecule has 0 N–H and O–H groups in total. The average Bonchev–Trinajstić information content (AvgIpc) is 2.17. The number of hydrogen-bond donors (Lipinski definition) is 0. The Balaban J connectivity index is 3.02. The molecule has 0 heterocycles. The smallest absolute Gasteiger partial charge is 0.258 e. The van der Waals surface area contributed by atoms with Gasteiger partial charge in [-0.15, -0.1) is 0 Å². The van der Waals surface area contributed by atoms with E-state index in [9.17, 15) is 23.3 Å². The summed E-state index contributed by atoms with van der Waals surface area (Å²) in [5.41, 5.74) is -3.59. The molecule has 0 aliphatic rings. The zero-order valence-corrected chi connectivity index (χ0v) is 8.63. The van der Waals surface area contributed by atoms with Gasteiger partial charge < -0.3 is 0 Å². The molecule has 1 aromatic carbocycles. The molecule has 1 aromatic rings. The number of nitrogens with zero attached hydrogens (tertiary/aromatic N) is 1. The summed E-state index contributed by atoms with van der Waals surface area (Å²) in [7, 11) is 0. The Kier molecular flexibility index (Phi) is 3.74. The molecule has 0 amide bonds. The van der Waals surface area contributed by atoms with Crippen molar-refractivity contribution < 1.29 is 18.1 Å². The van der Waals surface area contributed by atoms with Crippen LogP contribution in [0.1, 0.15) is 5.56 Å². The van der Waals surface area contributed by atoms with Crippen LogP contribution in [0.25, 0.3) is 0 Å². The Labute approximate surface area is 94.0 Å². The van der Waals surface area contributed by atoms with Gasteiger partial charge in [-0.3, -0.25) is 10.1 Å². The van der Waals surface area contributed by atoms with Crippen LogP contribution in [0.3, 0.4) is 0 Å². The van der Waals surface area contributed by atoms with Gasteiger partial charge in [0.15, 0.2) is 0 Å². The van der Waals surface area contributed by atoms with Crippen molar-refractivity contribution in [2.75, 3.05) is 0 Å². The summed E-state index contributed by atoms with van der Waals surface area (Å²) in [6, 6.07) is 4.92. The van der Waals surface area contributed by atoms with E-state index in [4.69, 9.17) is 0 Å². The van der Waals surface area contributed by atoms with Crippen molar-refractivity contribution in [3.8, 4) is 0 Å². The average molecular weight is 254 g/mol. The largest absolute Gasteiger partial charge is 0.296 e. The van der Waals surface area contributed by atoms with Gasteiger partial charge >= 0.3 is 0 Å². The standard InChI is InChI=1S/C9H7ClF3NO2/c10-8(11)9(12,13)5-6-3-1-2-4-7(6)14(15)16/h1-4,8H,5H2. The maximum atomic E-state index is 12.9. The van der Waals surface area contributed by atoms with E-state index in [1.165, 1.54) is 12.1 Å². The van der Waals surface area contributed by atoms with Crippen LogP contribution in [0, 0.1) is 10.1 Å². The number of benzene rings is 1. The highest BCUT2D eigenvalue weighted by Gasteiger charge is 2.40. The summed E-state index contributed by atoms with van der Waals surface area (Å²) in [6.07, 6.45) is -1.10. The summed E-state index contributed by atoms with van der Waals surface area (Å²) in [5.74, 6) is -3.83. The number of nitro groups is 1. The van der Waals surface area contributed by atoms with Crippen LogP contribution in [-0.2, 0) is 6.42 Å². The fourth-order valence-corrected chi connectivity index (χ4v) is 1.25. The summed E-state index contributed by atoms with van der Waals surface area (Å²) < 4.78 is 38.2. The lowest BCUT2D eigenvalue weighted by atomic mass is 10.1. The van der Waals surface area contributed by atoms with Gasteiger partial charge in [-0.1, -0.05) is 29.8 Å². The number of alkyl halides is 4. The molecule has 0 radical (unpaired) electrons. The molecule has 0 saturated heterocycles. The number of para-hydroxylation sites is 1. The molecule has 88 valence electrons. The molecular formula is C9H7ClF3NO2. The van der Waals surface area contributed by atoms with Crippen LogP contribution in [-0.4, -0.2) is 16.5 Å². The highest BCUT2D eigenvalue weighted by atomic mass is 35.5. The van der Waals surface area contributed by atoms with E-state index in [-0.39, 0.29) is 5.56 Å². The van der Waals surface area contributed by atoms with Crippen molar-refractivity contribution in [2.45, 2.75) is 18.0 Å². The molecular weight excluding hydrogens is 247 g/mol. The van der Waals surface area contributed by atoms with E-state index in [0.29, 0.717) is 0 Å². The Hall–Kier alpha value is -1.30. The third kappa shape index (κ3) is 2.85. The van der Waals surface area contributed by atoms with Gasteiger partial charge in [0.05, 0.1) is 4.92 Å². The summed E-state index contributed by atoms with van der Waals surface area (Å²) in [6.45, 7) is 0. The molecule has 16 heavy (non-hydrogen) atoms. The molecule has 3 nitrogen and oxygen atoms in total. The fraction of sp³-hybridized carbons (Fsp3) is 0.333. The molecule has 0 aromatic heterocycles. The van der Waals surface area contributed by atoms with E-state index in [1.54, 1.807) is 0 Å². The minimum Gasteiger partial charge on any atom is -0.258 e. The lowest BCUT2D eigenvalue weighted by Gasteiger charge is -2.15. The third-order valence-electron chi connectivity index (χ3n) is 1.93. The third-order valence-corrected chi connectivity index (χ3v) is 2.25. The second-order valence-electron chi connectivity index (χ2n) is 3.12. The number of hydrogen-bond acceptors (Lipinski definition) is 2. The normalized spacial score (nSPS) is 13.5. The second-order valence-corrected chi connectivity index (χ2v) is 3.51. The van der Waals surface area contributed by atoms with E-state index >= 15 is 0 Å². The molecule has 1 rings (SSSR count). The molecule has 7 heteroatoms. The van der Waals surface area contributed by atoms with Crippen LogP contribution < -0.4 is 0 Å². The first-order valence-corrected chi connectivity index (χ1v) is 4.66. The van der Waals surface area contributed by atoms with Crippen LogP contribution in [0.4, 0.5) is 18.9 Å². The molecule has 1 unspecified atom stereocenters. The van der Waals surface area contributed by atoms with E-state index in [1.807, 2.05) is 0 Å². The predicted octanol–water partition coefficient (Wildman–Crippen LogP) is 3.31. The minimum absolute atomic E-state index is 0.249. The SMILES string of the molecule is O=[N+]([O-])c1ccccc1CC(F)(F)C(F)Cl. The molecule has 0 spiro atoms. The van der Waals surface area contributed by atoms with Gasteiger partial charge in [-0.2, -0.15) is 0 Å². The highest BCUT2D eigenvalue weighted by Crippen LogP contribution is 2.31. The van der Waals surface area contributed by atoms with Crippen LogP contribution >= 0.6 is 11.6 Å². The van der Waals surface area contributed by atoms with Gasteiger partial charge in [0.25, 0.3) is 11.6 Å². The van der Waals surface area contributed by atoms with E-state index in [0.717, 1.165) is 12.1 Å². The molecule has 0 bridgehead atoms. The first-order chi connectivity index (χ1) is 7.34. The lowest BCUT2D eigenvalue weighted by Crippen LogP contribution is -2.28. The van der Waals surface area contributed by atoms with Gasteiger partial charge in [-0.05, 0) is 0 Å². The Morgan fingerprint density at radius 2 is 2.00 bits per heavy atom. The fourth-order valence-electron chi connectivity index (χ4n) is 1.17. The maximum Gasteiger partial charge on any atom is 0.296 e. The lowest BCUT2D eigenvalue weighted by molar-refractivity contribution is -0.385. The van der Waals surface area contributed by atoms with Crippen molar-refractivity contribution in [3.63, 3.8) is 0 Å². The predicted molar refractivity (Wildman–Crippen MR) is 52.5 cm³/mol. The van der Waals surface area contributed by atoms with Crippen molar-refractivity contribution in [1.82, 2.24) is 0 Å². The monoisotopic (exact) mass is 253 g/mol. The first-order valence-electron chi connectivity index (χ1n) is 4.23. The quantitative estimate of drug-likeness (QED) is 0.469.